The molecule has 1 aromatic rings. The maximum Gasteiger partial charge on any atom is 0.129 e. The highest BCUT2D eigenvalue weighted by Crippen LogP contribution is 2.00. The van der Waals surface area contributed by atoms with E-state index in [9.17, 15) is 0 Å². The first-order chi connectivity index (χ1) is 8.70. The molecule has 2 heterocycles. The summed E-state index contributed by atoms with van der Waals surface area (Å²) in [4.78, 5) is 4.42. The smallest absolute Gasteiger partial charge is 0.129 e. The minimum atomic E-state index is 0.554. The largest absolute Gasteiger partial charge is 0.390 e. The number of pyridine rings is 1. The third-order valence-corrected chi connectivity index (χ3v) is 3.57. The number of halogens is 1. The molecule has 4 heteroatoms. The summed E-state index contributed by atoms with van der Waals surface area (Å²) < 4.78 is 0. The molecule has 0 atom stereocenters. The van der Waals surface area contributed by atoms with Crippen molar-refractivity contribution in [1.29, 1.82) is 0 Å². The lowest BCUT2D eigenvalue weighted by Crippen LogP contribution is -2.46. The highest BCUT2D eigenvalue weighted by atomic mass is 35.5. The quantitative estimate of drug-likeness (QED) is 0.793. The number of hydrogen-bond donors (Lipinski definition) is 2. The third-order valence-electron chi connectivity index (χ3n) is 3.36. The molecule has 0 aliphatic carbocycles. The van der Waals surface area contributed by atoms with Gasteiger partial charge in [-0.05, 0) is 31.1 Å². The lowest BCUT2D eigenvalue weighted by atomic mass is 10.0. The molecule has 0 aromatic carbocycles. The van der Waals surface area contributed by atoms with Crippen LogP contribution in [-0.4, -0.2) is 24.6 Å². The second-order valence-electron chi connectivity index (χ2n) is 4.78. The van der Waals surface area contributed by atoms with Crippen molar-refractivity contribution >= 4 is 23.4 Å². The van der Waals surface area contributed by atoms with Crippen molar-refractivity contribution in [2.24, 2.45) is 5.92 Å². The van der Waals surface area contributed by atoms with Gasteiger partial charge in [-0.15, -0.1) is 0 Å². The summed E-state index contributed by atoms with van der Waals surface area (Å²) >= 11 is 5.97. The second-order valence-corrected chi connectivity index (χ2v) is 5.17. The van der Waals surface area contributed by atoms with E-state index in [0.29, 0.717) is 5.15 Å². The molecule has 0 unspecified atom stereocenters. The van der Waals surface area contributed by atoms with Gasteiger partial charge in [-0.1, -0.05) is 18.5 Å². The van der Waals surface area contributed by atoms with Crippen molar-refractivity contribution in [1.82, 2.24) is 15.6 Å². The fraction of sp³-hybridized carbons (Fsp3) is 0.500. The Kier molecular flexibility index (Phi) is 4.61. The van der Waals surface area contributed by atoms with Crippen LogP contribution in [0.2, 0.25) is 5.15 Å². The second kappa shape index (κ2) is 6.21. The minimum absolute atomic E-state index is 0.554. The summed E-state index contributed by atoms with van der Waals surface area (Å²) in [5.41, 5.74) is 1.26. The molecular weight excluding hydrogens is 246 g/mol. The van der Waals surface area contributed by atoms with Crippen LogP contribution in [0.25, 0.3) is 11.8 Å². The van der Waals surface area contributed by atoms with Gasteiger partial charge in [0.15, 0.2) is 0 Å². The Bertz CT molecular complexity index is 520. The molecule has 0 spiro atoms. The molecule has 0 saturated carbocycles. The lowest BCUT2D eigenvalue weighted by Gasteiger charge is -2.26. The van der Waals surface area contributed by atoms with Crippen molar-refractivity contribution in [2.75, 3.05) is 19.6 Å². The molecule has 1 saturated heterocycles. The van der Waals surface area contributed by atoms with E-state index < -0.39 is 0 Å². The van der Waals surface area contributed by atoms with Crippen LogP contribution < -0.4 is 21.2 Å². The Balaban J connectivity index is 2.23. The molecule has 0 bridgehead atoms. The molecule has 98 valence electrons. The zero-order valence-electron chi connectivity index (χ0n) is 11.0. The summed E-state index contributed by atoms with van der Waals surface area (Å²) in [6, 6.07) is 3.86. The molecule has 1 aromatic heterocycles. The van der Waals surface area contributed by atoms with E-state index in [-0.39, 0.29) is 0 Å². The van der Waals surface area contributed by atoms with Crippen molar-refractivity contribution in [3.63, 3.8) is 0 Å². The summed E-state index contributed by atoms with van der Waals surface area (Å²) in [6.45, 7) is 7.49. The molecular formula is C14H20ClN3. The Morgan fingerprint density at radius 2 is 2.33 bits per heavy atom. The fourth-order valence-corrected chi connectivity index (χ4v) is 2.05. The van der Waals surface area contributed by atoms with Gasteiger partial charge in [0.05, 0.1) is 5.35 Å². The van der Waals surface area contributed by atoms with Crippen LogP contribution in [0.4, 0.5) is 0 Å². The molecule has 0 radical (unpaired) electrons. The van der Waals surface area contributed by atoms with Crippen molar-refractivity contribution in [3.8, 4) is 0 Å². The Hall–Kier alpha value is -1.06. The average molecular weight is 266 g/mol. The van der Waals surface area contributed by atoms with Crippen LogP contribution in [0.3, 0.4) is 0 Å². The van der Waals surface area contributed by atoms with E-state index in [2.05, 4.69) is 35.7 Å². The van der Waals surface area contributed by atoms with Gasteiger partial charge in [-0.3, -0.25) is 0 Å². The summed E-state index contributed by atoms with van der Waals surface area (Å²) in [5, 5.41) is 9.32. The van der Waals surface area contributed by atoms with E-state index in [1.165, 1.54) is 5.57 Å². The standard InChI is InChI=1S/C14H20ClN3/c1-3-10(2)14-12(4-5-13(15)18-14)9-17-8-11-6-16-7-11/h4-5,9,11,16-17H,3,6-8H2,1-2H3/b12-9-,14-10-. The van der Waals surface area contributed by atoms with Crippen LogP contribution in [0.5, 0.6) is 0 Å². The first-order valence-corrected chi connectivity index (χ1v) is 6.85. The summed E-state index contributed by atoms with van der Waals surface area (Å²) in [5.74, 6) is 0.751. The molecule has 1 fully saturated rings. The number of hydrogen-bond acceptors (Lipinski definition) is 3. The first kappa shape index (κ1) is 13.4. The van der Waals surface area contributed by atoms with Gasteiger partial charge < -0.3 is 10.6 Å². The molecule has 0 amide bonds. The van der Waals surface area contributed by atoms with Gasteiger partial charge >= 0.3 is 0 Å². The van der Waals surface area contributed by atoms with E-state index in [1.54, 1.807) is 0 Å². The van der Waals surface area contributed by atoms with Crippen LogP contribution in [0.1, 0.15) is 20.3 Å². The maximum atomic E-state index is 5.97. The van der Waals surface area contributed by atoms with Crippen molar-refractivity contribution in [2.45, 2.75) is 20.3 Å². The zero-order chi connectivity index (χ0) is 13.0. The zero-order valence-corrected chi connectivity index (χ0v) is 11.7. The molecule has 3 nitrogen and oxygen atoms in total. The fourth-order valence-electron chi connectivity index (χ4n) is 1.90. The highest BCUT2D eigenvalue weighted by molar-refractivity contribution is 6.29. The summed E-state index contributed by atoms with van der Waals surface area (Å²) in [6.07, 6.45) is 3.04. The lowest BCUT2D eigenvalue weighted by molar-refractivity contribution is 0.346. The first-order valence-electron chi connectivity index (χ1n) is 6.47. The molecule has 2 N–H and O–H groups in total. The third kappa shape index (κ3) is 3.24. The Morgan fingerprint density at radius 3 is 2.94 bits per heavy atom. The molecule has 2 rings (SSSR count). The normalized spacial score (nSPS) is 18.5. The van der Waals surface area contributed by atoms with Crippen LogP contribution in [0.15, 0.2) is 12.1 Å². The van der Waals surface area contributed by atoms with E-state index in [1.807, 2.05) is 12.1 Å². The average Bonchev–Trinajstić information content (AvgIpc) is 2.32. The number of aromatic nitrogens is 1. The Morgan fingerprint density at radius 1 is 1.56 bits per heavy atom. The number of nitrogens with zero attached hydrogens (tertiary/aromatic N) is 1. The van der Waals surface area contributed by atoms with Crippen LogP contribution >= 0.6 is 11.6 Å². The van der Waals surface area contributed by atoms with Crippen LogP contribution in [-0.2, 0) is 0 Å². The predicted molar refractivity (Wildman–Crippen MR) is 76.7 cm³/mol. The number of rotatable bonds is 4. The minimum Gasteiger partial charge on any atom is -0.390 e. The van der Waals surface area contributed by atoms with E-state index >= 15 is 0 Å². The van der Waals surface area contributed by atoms with Gasteiger partial charge in [0.1, 0.15) is 5.15 Å². The van der Waals surface area contributed by atoms with Gasteiger partial charge in [-0.2, -0.15) is 0 Å². The van der Waals surface area contributed by atoms with Crippen molar-refractivity contribution < 1.29 is 0 Å². The highest BCUT2D eigenvalue weighted by Gasteiger charge is 2.14. The number of nitrogens with one attached hydrogen (secondary N) is 2. The predicted octanol–water partition coefficient (Wildman–Crippen LogP) is 0.863. The molecule has 1 aliphatic heterocycles. The Labute approximate surface area is 113 Å². The monoisotopic (exact) mass is 265 g/mol. The molecule has 18 heavy (non-hydrogen) atoms. The SMILES string of the molecule is CC/C(C)=c1\nc(Cl)cc\c1=C\NCC1CNC1. The van der Waals surface area contributed by atoms with Gasteiger partial charge in [0.2, 0.25) is 0 Å². The van der Waals surface area contributed by atoms with Gasteiger partial charge in [0, 0.05) is 37.0 Å². The summed E-state index contributed by atoms with van der Waals surface area (Å²) in [7, 11) is 0. The maximum absolute atomic E-state index is 5.97. The van der Waals surface area contributed by atoms with Gasteiger partial charge in [-0.25, -0.2) is 4.98 Å². The topological polar surface area (TPSA) is 37.0 Å². The van der Waals surface area contributed by atoms with E-state index in [4.69, 9.17) is 11.6 Å². The van der Waals surface area contributed by atoms with Gasteiger partial charge in [0.25, 0.3) is 0 Å². The van der Waals surface area contributed by atoms with Crippen molar-refractivity contribution in [3.05, 3.63) is 27.9 Å². The van der Waals surface area contributed by atoms with E-state index in [0.717, 1.165) is 42.5 Å². The molecule has 1 aliphatic rings. The van der Waals surface area contributed by atoms with Crippen LogP contribution in [0, 0.1) is 5.92 Å².